The second-order valence-electron chi connectivity index (χ2n) is 4.24. The Morgan fingerprint density at radius 3 is 2.61 bits per heavy atom. The second kappa shape index (κ2) is 6.79. The Bertz CT molecular complexity index is 416. The maximum absolute atomic E-state index is 11.1. The van der Waals surface area contributed by atoms with Crippen molar-refractivity contribution in [2.24, 2.45) is 5.92 Å². The molecule has 1 aliphatic rings. The van der Waals surface area contributed by atoms with Gasteiger partial charge in [0.2, 0.25) is 0 Å². The molecule has 18 heavy (non-hydrogen) atoms. The molecule has 1 aliphatic carbocycles. The average molecular weight is 250 g/mol. The topological polar surface area (TPSA) is 74.6 Å². The van der Waals surface area contributed by atoms with Gasteiger partial charge in [0.1, 0.15) is 5.92 Å². The maximum atomic E-state index is 11.1. The van der Waals surface area contributed by atoms with Gasteiger partial charge in [0.05, 0.1) is 5.57 Å². The summed E-state index contributed by atoms with van der Waals surface area (Å²) in [5.74, 6) is -2.94. The van der Waals surface area contributed by atoms with E-state index in [1.54, 1.807) is 6.08 Å². The third kappa shape index (κ3) is 3.58. The zero-order valence-corrected chi connectivity index (χ0v) is 10.4. The Morgan fingerprint density at radius 1 is 1.33 bits per heavy atom. The van der Waals surface area contributed by atoms with Crippen molar-refractivity contribution in [1.82, 2.24) is 0 Å². The van der Waals surface area contributed by atoms with Crippen molar-refractivity contribution in [3.8, 4) is 0 Å². The van der Waals surface area contributed by atoms with Crippen molar-refractivity contribution in [1.29, 1.82) is 0 Å². The molecule has 4 heteroatoms. The van der Waals surface area contributed by atoms with Crippen LogP contribution in [-0.2, 0) is 9.59 Å². The summed E-state index contributed by atoms with van der Waals surface area (Å²) in [7, 11) is 0. The minimum absolute atomic E-state index is 0.0846. The van der Waals surface area contributed by atoms with E-state index in [4.69, 9.17) is 10.2 Å². The molecule has 0 spiro atoms. The Kier molecular flexibility index (Phi) is 5.36. The van der Waals surface area contributed by atoms with Crippen molar-refractivity contribution in [2.75, 3.05) is 0 Å². The molecular formula is C14H18O4. The maximum Gasteiger partial charge on any atom is 0.335 e. The van der Waals surface area contributed by atoms with E-state index in [2.05, 4.69) is 6.92 Å². The molecule has 0 aromatic heterocycles. The molecule has 0 aliphatic heterocycles. The molecular weight excluding hydrogens is 232 g/mol. The first kappa shape index (κ1) is 14.2. The van der Waals surface area contributed by atoms with Gasteiger partial charge in [-0.25, -0.2) is 4.79 Å². The molecule has 0 radical (unpaired) electrons. The van der Waals surface area contributed by atoms with Crippen molar-refractivity contribution in [2.45, 2.75) is 32.6 Å². The van der Waals surface area contributed by atoms with Crippen LogP contribution in [-0.4, -0.2) is 22.2 Å². The summed E-state index contributed by atoms with van der Waals surface area (Å²) >= 11 is 0. The van der Waals surface area contributed by atoms with Crippen LogP contribution >= 0.6 is 0 Å². The lowest BCUT2D eigenvalue weighted by molar-refractivity contribution is -0.138. The highest BCUT2D eigenvalue weighted by atomic mass is 16.4. The van der Waals surface area contributed by atoms with Gasteiger partial charge >= 0.3 is 11.9 Å². The standard InChI is InChI=1S/C14H18O4/c1-2-3-4-5-7-10-11(13(15)16)8-6-9-12(10)14(17)18/h6-9,11H,2-5H2,1H3,(H,15,16)(H,17,18). The summed E-state index contributed by atoms with van der Waals surface area (Å²) in [6.07, 6.45) is 10.0. The van der Waals surface area contributed by atoms with Crippen LogP contribution in [0.25, 0.3) is 0 Å². The molecule has 1 atom stereocenters. The van der Waals surface area contributed by atoms with Gasteiger partial charge in [-0.2, -0.15) is 0 Å². The van der Waals surface area contributed by atoms with Crippen LogP contribution in [0.5, 0.6) is 0 Å². The lowest BCUT2D eigenvalue weighted by atomic mass is 9.87. The van der Waals surface area contributed by atoms with Crippen molar-refractivity contribution in [3.63, 3.8) is 0 Å². The summed E-state index contributed by atoms with van der Waals surface area (Å²) in [5.41, 5.74) is 0.481. The van der Waals surface area contributed by atoms with Crippen molar-refractivity contribution < 1.29 is 19.8 Å². The van der Waals surface area contributed by atoms with Gasteiger partial charge in [-0.05, 0) is 24.5 Å². The molecule has 0 saturated carbocycles. The first-order chi connectivity index (χ1) is 8.57. The molecule has 0 amide bonds. The van der Waals surface area contributed by atoms with E-state index < -0.39 is 17.9 Å². The molecule has 0 aromatic carbocycles. The van der Waals surface area contributed by atoms with Gasteiger partial charge in [-0.15, -0.1) is 0 Å². The predicted molar refractivity (Wildman–Crippen MR) is 68.2 cm³/mol. The first-order valence-corrected chi connectivity index (χ1v) is 6.13. The number of carboxylic acids is 2. The normalized spacial score (nSPS) is 20.8. The molecule has 4 nitrogen and oxygen atoms in total. The van der Waals surface area contributed by atoms with E-state index in [0.29, 0.717) is 12.0 Å². The third-order valence-electron chi connectivity index (χ3n) is 2.88. The van der Waals surface area contributed by atoms with E-state index in [0.717, 1.165) is 19.3 Å². The van der Waals surface area contributed by atoms with Crippen LogP contribution in [0.3, 0.4) is 0 Å². The fraction of sp³-hybridized carbons (Fsp3) is 0.429. The molecule has 0 saturated heterocycles. The van der Waals surface area contributed by atoms with Crippen LogP contribution in [0.1, 0.15) is 32.6 Å². The number of aliphatic carboxylic acids is 2. The fourth-order valence-corrected chi connectivity index (χ4v) is 1.93. The van der Waals surface area contributed by atoms with Gasteiger partial charge in [0.25, 0.3) is 0 Å². The third-order valence-corrected chi connectivity index (χ3v) is 2.88. The quantitative estimate of drug-likeness (QED) is 0.711. The van der Waals surface area contributed by atoms with E-state index in [9.17, 15) is 9.59 Å². The number of unbranched alkanes of at least 4 members (excludes halogenated alkanes) is 3. The largest absolute Gasteiger partial charge is 0.481 e. The smallest absolute Gasteiger partial charge is 0.335 e. The van der Waals surface area contributed by atoms with Gasteiger partial charge < -0.3 is 10.2 Å². The fourth-order valence-electron chi connectivity index (χ4n) is 1.93. The summed E-state index contributed by atoms with van der Waals surface area (Å²) in [4.78, 5) is 22.2. The van der Waals surface area contributed by atoms with Gasteiger partial charge in [0.15, 0.2) is 0 Å². The summed E-state index contributed by atoms with van der Waals surface area (Å²) in [6, 6.07) is 0. The molecule has 2 N–H and O–H groups in total. The highest BCUT2D eigenvalue weighted by molar-refractivity contribution is 5.96. The SMILES string of the molecule is CCCCCC=C1C(C(=O)O)=CC=CC1C(=O)O. The van der Waals surface area contributed by atoms with E-state index >= 15 is 0 Å². The first-order valence-electron chi connectivity index (χ1n) is 6.13. The Labute approximate surface area is 106 Å². The monoisotopic (exact) mass is 250 g/mol. The molecule has 1 unspecified atom stereocenters. The predicted octanol–water partition coefficient (Wildman–Crippen LogP) is 2.77. The van der Waals surface area contributed by atoms with Crippen molar-refractivity contribution >= 4 is 11.9 Å². The van der Waals surface area contributed by atoms with Crippen LogP contribution in [0.15, 0.2) is 35.5 Å². The number of hydrogen-bond acceptors (Lipinski definition) is 2. The van der Waals surface area contributed by atoms with E-state index in [1.807, 2.05) is 0 Å². The zero-order chi connectivity index (χ0) is 13.5. The second-order valence-corrected chi connectivity index (χ2v) is 4.24. The summed E-state index contributed by atoms with van der Waals surface area (Å²) in [5, 5.41) is 18.2. The Balaban J connectivity index is 2.90. The minimum Gasteiger partial charge on any atom is -0.481 e. The van der Waals surface area contributed by atoms with Gasteiger partial charge in [0, 0.05) is 0 Å². The molecule has 1 rings (SSSR count). The lowest BCUT2D eigenvalue weighted by Crippen LogP contribution is -2.20. The van der Waals surface area contributed by atoms with Gasteiger partial charge in [-0.1, -0.05) is 38.0 Å². The molecule has 98 valence electrons. The number of rotatable bonds is 6. The molecule has 0 fully saturated rings. The van der Waals surface area contributed by atoms with Crippen LogP contribution in [0, 0.1) is 5.92 Å². The van der Waals surface area contributed by atoms with E-state index in [1.165, 1.54) is 18.2 Å². The lowest BCUT2D eigenvalue weighted by Gasteiger charge is -2.17. The molecule has 0 bridgehead atoms. The van der Waals surface area contributed by atoms with Crippen molar-refractivity contribution in [3.05, 3.63) is 35.5 Å². The van der Waals surface area contributed by atoms with Crippen LogP contribution < -0.4 is 0 Å². The minimum atomic E-state index is -1.08. The van der Waals surface area contributed by atoms with Gasteiger partial charge in [-0.3, -0.25) is 4.79 Å². The highest BCUT2D eigenvalue weighted by Crippen LogP contribution is 2.27. The number of hydrogen-bond donors (Lipinski definition) is 2. The Morgan fingerprint density at radius 2 is 2.06 bits per heavy atom. The summed E-state index contributed by atoms with van der Waals surface area (Å²) < 4.78 is 0. The van der Waals surface area contributed by atoms with Crippen LogP contribution in [0.2, 0.25) is 0 Å². The summed E-state index contributed by atoms with van der Waals surface area (Å²) in [6.45, 7) is 2.08. The van der Waals surface area contributed by atoms with E-state index in [-0.39, 0.29) is 5.57 Å². The van der Waals surface area contributed by atoms with Crippen LogP contribution in [0.4, 0.5) is 0 Å². The zero-order valence-electron chi connectivity index (χ0n) is 10.4. The number of allylic oxidation sites excluding steroid dienone is 3. The molecule has 0 heterocycles. The Hall–Kier alpha value is -1.84. The highest BCUT2D eigenvalue weighted by Gasteiger charge is 2.27. The number of carbonyl (C=O) groups is 2. The average Bonchev–Trinajstić information content (AvgIpc) is 2.34. The molecule has 0 aromatic rings. The number of carboxylic acid groups (broad SMARTS) is 2.